The summed E-state index contributed by atoms with van der Waals surface area (Å²) in [4.78, 5) is 15.0. The van der Waals surface area contributed by atoms with Gasteiger partial charge in [-0.05, 0) is 30.7 Å². The van der Waals surface area contributed by atoms with Gasteiger partial charge in [0.05, 0.1) is 17.6 Å². The molecule has 2 aromatic carbocycles. The third-order valence-electron chi connectivity index (χ3n) is 5.53. The van der Waals surface area contributed by atoms with Crippen LogP contribution < -0.4 is 15.3 Å². The van der Waals surface area contributed by atoms with Crippen LogP contribution in [0.4, 0.5) is 5.69 Å². The SMILES string of the molecule is Cc1ccc2oc(=O)c3c(c2c1)OC[C@@H]1c2ccccc2N(C)C[C@H]31. The van der Waals surface area contributed by atoms with E-state index in [0.29, 0.717) is 23.5 Å². The van der Waals surface area contributed by atoms with E-state index in [1.165, 1.54) is 11.3 Å². The summed E-state index contributed by atoms with van der Waals surface area (Å²) in [6.45, 7) is 3.42. The minimum Gasteiger partial charge on any atom is -0.492 e. The maximum Gasteiger partial charge on any atom is 0.343 e. The van der Waals surface area contributed by atoms with Gasteiger partial charge in [0, 0.05) is 31.1 Å². The van der Waals surface area contributed by atoms with Crippen LogP contribution in [0, 0.1) is 6.92 Å². The first-order valence-electron chi connectivity index (χ1n) is 8.63. The Labute approximate surface area is 145 Å². The second-order valence-corrected chi connectivity index (χ2v) is 7.10. The Kier molecular flexibility index (Phi) is 2.99. The Morgan fingerprint density at radius 3 is 2.84 bits per heavy atom. The van der Waals surface area contributed by atoms with Gasteiger partial charge < -0.3 is 14.1 Å². The average Bonchev–Trinajstić information content (AvgIpc) is 2.62. The van der Waals surface area contributed by atoms with Gasteiger partial charge in [-0.1, -0.05) is 29.8 Å². The van der Waals surface area contributed by atoms with Crippen molar-refractivity contribution in [3.05, 3.63) is 69.6 Å². The molecule has 0 bridgehead atoms. The van der Waals surface area contributed by atoms with Gasteiger partial charge in [0.1, 0.15) is 11.3 Å². The molecule has 0 unspecified atom stereocenters. The smallest absolute Gasteiger partial charge is 0.343 e. The van der Waals surface area contributed by atoms with Crippen molar-refractivity contribution in [2.75, 3.05) is 25.1 Å². The van der Waals surface area contributed by atoms with Gasteiger partial charge in [0.2, 0.25) is 0 Å². The third-order valence-corrected chi connectivity index (χ3v) is 5.53. The maximum absolute atomic E-state index is 12.8. The molecule has 2 aliphatic heterocycles. The van der Waals surface area contributed by atoms with Crippen molar-refractivity contribution in [2.24, 2.45) is 0 Å². The molecular formula is C21H19NO3. The van der Waals surface area contributed by atoms with Crippen LogP contribution in [0.1, 0.15) is 28.5 Å². The van der Waals surface area contributed by atoms with E-state index in [2.05, 4.69) is 36.2 Å². The topological polar surface area (TPSA) is 42.7 Å². The molecule has 2 aliphatic rings. The Hall–Kier alpha value is -2.75. The van der Waals surface area contributed by atoms with Crippen molar-refractivity contribution >= 4 is 16.7 Å². The van der Waals surface area contributed by atoms with Gasteiger partial charge in [-0.3, -0.25) is 0 Å². The highest BCUT2D eigenvalue weighted by Crippen LogP contribution is 2.48. The number of ether oxygens (including phenoxy) is 1. The van der Waals surface area contributed by atoms with E-state index in [9.17, 15) is 4.79 Å². The zero-order chi connectivity index (χ0) is 17.1. The van der Waals surface area contributed by atoms with Crippen LogP contribution in [-0.4, -0.2) is 20.2 Å². The molecule has 0 saturated heterocycles. The molecule has 1 aromatic heterocycles. The number of anilines is 1. The summed E-state index contributed by atoms with van der Waals surface area (Å²) < 4.78 is 11.8. The zero-order valence-corrected chi connectivity index (χ0v) is 14.3. The van der Waals surface area contributed by atoms with Gasteiger partial charge >= 0.3 is 5.63 Å². The van der Waals surface area contributed by atoms with Gasteiger partial charge in [-0.15, -0.1) is 0 Å². The summed E-state index contributed by atoms with van der Waals surface area (Å²) >= 11 is 0. The van der Waals surface area contributed by atoms with E-state index >= 15 is 0 Å². The second-order valence-electron chi connectivity index (χ2n) is 7.10. The monoisotopic (exact) mass is 333 g/mol. The summed E-state index contributed by atoms with van der Waals surface area (Å²) in [5, 5.41) is 0.898. The lowest BCUT2D eigenvalue weighted by atomic mass is 9.76. The standard InChI is InChI=1S/C21H19NO3/c1-12-7-8-18-14(9-12)20-19(21(23)25-18)15-10-22(2)17-6-4-3-5-13(17)16(15)11-24-20/h3-9,15-16H,10-11H2,1-2H3/t15-,16+/m0/s1. The number of fused-ring (bicyclic) bond motifs is 7. The van der Waals surface area contributed by atoms with Crippen LogP contribution in [-0.2, 0) is 0 Å². The molecule has 4 heteroatoms. The molecule has 0 radical (unpaired) electrons. The molecule has 0 fully saturated rings. The highest BCUT2D eigenvalue weighted by molar-refractivity contribution is 5.86. The van der Waals surface area contributed by atoms with Crippen molar-refractivity contribution in [1.82, 2.24) is 0 Å². The summed E-state index contributed by atoms with van der Waals surface area (Å²) in [5.74, 6) is 0.985. The van der Waals surface area contributed by atoms with Crippen molar-refractivity contribution in [3.8, 4) is 5.75 Å². The van der Waals surface area contributed by atoms with Crippen LogP contribution >= 0.6 is 0 Å². The number of rotatable bonds is 0. The number of hydrogen-bond donors (Lipinski definition) is 0. The molecular weight excluding hydrogens is 314 g/mol. The van der Waals surface area contributed by atoms with E-state index in [1.54, 1.807) is 0 Å². The van der Waals surface area contributed by atoms with Gasteiger partial charge in [0.25, 0.3) is 0 Å². The lowest BCUT2D eigenvalue weighted by Gasteiger charge is -2.42. The molecule has 0 amide bonds. The molecule has 3 heterocycles. The van der Waals surface area contributed by atoms with Gasteiger partial charge in [-0.25, -0.2) is 4.79 Å². The molecule has 126 valence electrons. The predicted molar refractivity (Wildman–Crippen MR) is 97.9 cm³/mol. The molecule has 0 aliphatic carbocycles. The summed E-state index contributed by atoms with van der Waals surface area (Å²) in [6, 6.07) is 14.2. The number of nitrogens with zero attached hydrogens (tertiary/aromatic N) is 1. The summed E-state index contributed by atoms with van der Waals surface area (Å²) in [7, 11) is 2.08. The first-order valence-corrected chi connectivity index (χ1v) is 8.63. The molecule has 2 atom stereocenters. The van der Waals surface area contributed by atoms with E-state index in [0.717, 1.165) is 17.5 Å². The Morgan fingerprint density at radius 2 is 1.96 bits per heavy atom. The largest absolute Gasteiger partial charge is 0.492 e. The molecule has 0 saturated carbocycles. The normalized spacial score (nSPS) is 21.3. The second kappa shape index (κ2) is 5.12. The quantitative estimate of drug-likeness (QED) is 0.587. The average molecular weight is 333 g/mol. The minimum absolute atomic E-state index is 0.0878. The summed E-state index contributed by atoms with van der Waals surface area (Å²) in [5.41, 5.74) is 4.61. The van der Waals surface area contributed by atoms with Crippen LogP contribution in [0.3, 0.4) is 0 Å². The Morgan fingerprint density at radius 1 is 1.12 bits per heavy atom. The van der Waals surface area contributed by atoms with Crippen molar-refractivity contribution in [1.29, 1.82) is 0 Å². The van der Waals surface area contributed by atoms with E-state index < -0.39 is 0 Å². The number of aryl methyl sites for hydroxylation is 1. The van der Waals surface area contributed by atoms with Gasteiger partial charge in [-0.2, -0.15) is 0 Å². The molecule has 4 nitrogen and oxygen atoms in total. The van der Waals surface area contributed by atoms with Crippen LogP contribution in [0.2, 0.25) is 0 Å². The number of para-hydroxylation sites is 1. The fourth-order valence-corrected chi connectivity index (χ4v) is 4.34. The fourth-order valence-electron chi connectivity index (χ4n) is 4.34. The van der Waals surface area contributed by atoms with Crippen molar-refractivity contribution in [2.45, 2.75) is 18.8 Å². The van der Waals surface area contributed by atoms with Crippen LogP contribution in [0.25, 0.3) is 11.0 Å². The minimum atomic E-state index is -0.270. The lowest BCUT2D eigenvalue weighted by molar-refractivity contribution is 0.232. The van der Waals surface area contributed by atoms with E-state index in [4.69, 9.17) is 9.15 Å². The zero-order valence-electron chi connectivity index (χ0n) is 14.3. The Bertz CT molecular complexity index is 1050. The predicted octanol–water partition coefficient (Wildman–Crippen LogP) is 3.81. The van der Waals surface area contributed by atoms with Crippen molar-refractivity contribution in [3.63, 3.8) is 0 Å². The lowest BCUT2D eigenvalue weighted by Crippen LogP contribution is -2.40. The molecule has 5 rings (SSSR count). The number of benzene rings is 2. The first kappa shape index (κ1) is 14.6. The maximum atomic E-state index is 12.8. The summed E-state index contributed by atoms with van der Waals surface area (Å²) in [6.07, 6.45) is 0. The van der Waals surface area contributed by atoms with Crippen LogP contribution in [0.5, 0.6) is 5.75 Å². The highest BCUT2D eigenvalue weighted by atomic mass is 16.5. The number of likely N-dealkylation sites (N-methyl/N-ethyl adjacent to an activating group) is 1. The van der Waals surface area contributed by atoms with Crippen LogP contribution in [0.15, 0.2) is 51.7 Å². The van der Waals surface area contributed by atoms with Gasteiger partial charge in [0.15, 0.2) is 0 Å². The number of hydrogen-bond acceptors (Lipinski definition) is 4. The molecule has 3 aromatic rings. The third kappa shape index (κ3) is 2.03. The first-order chi connectivity index (χ1) is 12.1. The van der Waals surface area contributed by atoms with Crippen molar-refractivity contribution < 1.29 is 9.15 Å². The molecule has 0 N–H and O–H groups in total. The molecule has 0 spiro atoms. The fraction of sp³-hybridized carbons (Fsp3) is 0.286. The van der Waals surface area contributed by atoms with E-state index in [1.807, 2.05) is 25.1 Å². The molecule has 25 heavy (non-hydrogen) atoms. The Balaban J connectivity index is 1.76. The highest BCUT2D eigenvalue weighted by Gasteiger charge is 2.41. The van der Waals surface area contributed by atoms with E-state index in [-0.39, 0.29) is 17.5 Å².